The molecule has 0 spiro atoms. The van der Waals surface area contributed by atoms with Crippen LogP contribution in [-0.2, 0) is 10.1 Å². The van der Waals surface area contributed by atoms with Gasteiger partial charge < -0.3 is 4.74 Å². The zero-order valence-electron chi connectivity index (χ0n) is 9.18. The predicted molar refractivity (Wildman–Crippen MR) is 70.0 cm³/mol. The second-order valence-corrected chi connectivity index (χ2v) is 4.73. The smallest absolute Gasteiger partial charge is 0.298 e. The second-order valence-electron chi connectivity index (χ2n) is 3.34. The summed E-state index contributed by atoms with van der Waals surface area (Å²) in [5.74, 6) is 0.602. The minimum Gasteiger partial charge on any atom is -0.456 e. The molecule has 2 aromatic rings. The lowest BCUT2D eigenvalue weighted by atomic mass is 10.3. The quantitative estimate of drug-likeness (QED) is 0.881. The standard InChI is InChI=1S/C12H10O4S.ClH/c13-17(14,15)12-9-5-4-8-11(12)16-10-6-2-1-3-7-10;/h1-9H,(H,13,14,15);1H. The highest BCUT2D eigenvalue weighted by atomic mass is 35.5. The lowest BCUT2D eigenvalue weighted by molar-refractivity contribution is 0.450. The Bertz CT molecular complexity index is 611. The van der Waals surface area contributed by atoms with Crippen LogP contribution < -0.4 is 4.74 Å². The molecule has 0 saturated heterocycles. The molecule has 0 heterocycles. The first kappa shape index (κ1) is 14.5. The highest BCUT2D eigenvalue weighted by Crippen LogP contribution is 2.27. The normalized spacial score (nSPS) is 10.5. The van der Waals surface area contributed by atoms with Gasteiger partial charge in [-0.25, -0.2) is 0 Å². The molecule has 0 amide bonds. The van der Waals surface area contributed by atoms with Crippen LogP contribution in [0, 0.1) is 0 Å². The van der Waals surface area contributed by atoms with E-state index in [0.29, 0.717) is 5.75 Å². The van der Waals surface area contributed by atoms with E-state index in [9.17, 15) is 8.42 Å². The fraction of sp³-hybridized carbons (Fsp3) is 0. The predicted octanol–water partition coefficient (Wildman–Crippen LogP) is 3.15. The summed E-state index contributed by atoms with van der Waals surface area (Å²) in [4.78, 5) is -0.246. The number of hydrogen-bond donors (Lipinski definition) is 1. The topological polar surface area (TPSA) is 63.6 Å². The van der Waals surface area contributed by atoms with Crippen molar-refractivity contribution < 1.29 is 17.7 Å². The molecule has 0 aliphatic heterocycles. The summed E-state index contributed by atoms with van der Waals surface area (Å²) in [6, 6.07) is 14.7. The van der Waals surface area contributed by atoms with Gasteiger partial charge in [-0.15, -0.1) is 12.4 Å². The molecule has 2 aromatic carbocycles. The molecule has 0 aliphatic carbocycles. The third-order valence-corrected chi connectivity index (χ3v) is 2.99. The molecule has 6 heteroatoms. The van der Waals surface area contributed by atoms with Crippen LogP contribution in [0.3, 0.4) is 0 Å². The Kier molecular flexibility index (Phi) is 4.72. The minimum atomic E-state index is -4.28. The van der Waals surface area contributed by atoms with Crippen molar-refractivity contribution in [2.45, 2.75) is 4.90 Å². The molecular formula is C12H11ClO4S. The van der Waals surface area contributed by atoms with E-state index in [2.05, 4.69) is 0 Å². The molecule has 18 heavy (non-hydrogen) atoms. The second kappa shape index (κ2) is 5.86. The van der Waals surface area contributed by atoms with E-state index in [1.54, 1.807) is 30.3 Å². The fourth-order valence-electron chi connectivity index (χ4n) is 1.36. The summed E-state index contributed by atoms with van der Waals surface area (Å²) in [6.45, 7) is 0. The zero-order chi connectivity index (χ0) is 12.3. The molecule has 0 fully saturated rings. The van der Waals surface area contributed by atoms with Crippen LogP contribution >= 0.6 is 12.4 Å². The van der Waals surface area contributed by atoms with Crippen LogP contribution in [0.2, 0.25) is 0 Å². The van der Waals surface area contributed by atoms with Gasteiger partial charge in [-0.3, -0.25) is 4.55 Å². The number of halogens is 1. The first-order valence-corrected chi connectivity index (χ1v) is 6.31. The molecule has 0 atom stereocenters. The third-order valence-electron chi connectivity index (χ3n) is 2.10. The SMILES string of the molecule is Cl.O=S(=O)(O)c1ccccc1Oc1ccccc1. The van der Waals surface area contributed by atoms with E-state index < -0.39 is 10.1 Å². The van der Waals surface area contributed by atoms with E-state index >= 15 is 0 Å². The Morgan fingerprint density at radius 2 is 1.44 bits per heavy atom. The molecule has 1 N–H and O–H groups in total. The van der Waals surface area contributed by atoms with Gasteiger partial charge in [-0.05, 0) is 24.3 Å². The summed E-state index contributed by atoms with van der Waals surface area (Å²) in [6.07, 6.45) is 0. The van der Waals surface area contributed by atoms with Gasteiger partial charge in [-0.1, -0.05) is 30.3 Å². The lowest BCUT2D eigenvalue weighted by Crippen LogP contribution is -2.00. The first-order chi connectivity index (χ1) is 8.07. The van der Waals surface area contributed by atoms with E-state index in [0.717, 1.165) is 0 Å². The van der Waals surface area contributed by atoms with Crippen LogP contribution in [0.15, 0.2) is 59.5 Å². The molecule has 0 unspecified atom stereocenters. The van der Waals surface area contributed by atoms with Crippen molar-refractivity contribution in [3.63, 3.8) is 0 Å². The Morgan fingerprint density at radius 1 is 0.889 bits per heavy atom. The van der Waals surface area contributed by atoms with Gasteiger partial charge in [0.15, 0.2) is 0 Å². The summed E-state index contributed by atoms with van der Waals surface area (Å²) < 4.78 is 36.7. The molecule has 0 aliphatic rings. The van der Waals surface area contributed by atoms with Crippen molar-refractivity contribution in [1.82, 2.24) is 0 Å². The Balaban J connectivity index is 0.00000162. The summed E-state index contributed by atoms with van der Waals surface area (Å²) in [5, 5.41) is 0. The average molecular weight is 287 g/mol. The Morgan fingerprint density at radius 3 is 2.06 bits per heavy atom. The maximum atomic E-state index is 11.1. The van der Waals surface area contributed by atoms with Gasteiger partial charge in [0.1, 0.15) is 16.4 Å². The molecular weight excluding hydrogens is 276 g/mol. The lowest BCUT2D eigenvalue weighted by Gasteiger charge is -2.08. The van der Waals surface area contributed by atoms with Gasteiger partial charge in [0.25, 0.3) is 10.1 Å². The van der Waals surface area contributed by atoms with Crippen LogP contribution in [0.25, 0.3) is 0 Å². The van der Waals surface area contributed by atoms with Gasteiger partial charge in [0.05, 0.1) is 0 Å². The Hall–Kier alpha value is -1.56. The van der Waals surface area contributed by atoms with E-state index in [4.69, 9.17) is 9.29 Å². The Labute approximate surface area is 111 Å². The minimum absolute atomic E-state index is 0. The zero-order valence-corrected chi connectivity index (χ0v) is 10.8. The first-order valence-electron chi connectivity index (χ1n) is 4.87. The van der Waals surface area contributed by atoms with E-state index in [1.807, 2.05) is 6.07 Å². The molecule has 0 bridgehead atoms. The average Bonchev–Trinajstić information content (AvgIpc) is 2.30. The molecule has 4 nitrogen and oxygen atoms in total. The maximum Gasteiger partial charge on any atom is 0.298 e. The molecule has 0 aromatic heterocycles. The van der Waals surface area contributed by atoms with E-state index in [1.165, 1.54) is 18.2 Å². The van der Waals surface area contributed by atoms with Gasteiger partial charge in [-0.2, -0.15) is 8.42 Å². The number of para-hydroxylation sites is 2. The largest absolute Gasteiger partial charge is 0.456 e. The number of rotatable bonds is 3. The van der Waals surface area contributed by atoms with Crippen molar-refractivity contribution in [3.8, 4) is 11.5 Å². The van der Waals surface area contributed by atoms with Crippen LogP contribution in [0.4, 0.5) is 0 Å². The summed E-state index contributed by atoms with van der Waals surface area (Å²) in [5.41, 5.74) is 0. The maximum absolute atomic E-state index is 11.1. The van der Waals surface area contributed by atoms with Crippen molar-refractivity contribution in [1.29, 1.82) is 0 Å². The molecule has 2 rings (SSSR count). The molecule has 0 radical (unpaired) electrons. The van der Waals surface area contributed by atoms with E-state index in [-0.39, 0.29) is 23.1 Å². The van der Waals surface area contributed by atoms with Gasteiger partial charge >= 0.3 is 0 Å². The number of ether oxygens (including phenoxy) is 1. The number of benzene rings is 2. The molecule has 96 valence electrons. The van der Waals surface area contributed by atoms with Crippen LogP contribution in [0.1, 0.15) is 0 Å². The van der Waals surface area contributed by atoms with Crippen molar-refractivity contribution in [2.75, 3.05) is 0 Å². The van der Waals surface area contributed by atoms with Crippen molar-refractivity contribution >= 4 is 22.5 Å². The van der Waals surface area contributed by atoms with Gasteiger partial charge in [0, 0.05) is 0 Å². The fourth-order valence-corrected chi connectivity index (χ4v) is 1.98. The van der Waals surface area contributed by atoms with Crippen LogP contribution in [0.5, 0.6) is 11.5 Å². The number of hydrogen-bond acceptors (Lipinski definition) is 3. The van der Waals surface area contributed by atoms with Gasteiger partial charge in [0.2, 0.25) is 0 Å². The highest BCUT2D eigenvalue weighted by Gasteiger charge is 2.16. The van der Waals surface area contributed by atoms with Crippen molar-refractivity contribution in [3.05, 3.63) is 54.6 Å². The highest BCUT2D eigenvalue weighted by molar-refractivity contribution is 7.86. The third kappa shape index (κ3) is 3.46. The summed E-state index contributed by atoms with van der Waals surface area (Å²) in [7, 11) is -4.28. The summed E-state index contributed by atoms with van der Waals surface area (Å²) >= 11 is 0. The molecule has 0 saturated carbocycles. The van der Waals surface area contributed by atoms with Crippen molar-refractivity contribution in [2.24, 2.45) is 0 Å². The monoisotopic (exact) mass is 286 g/mol. The van der Waals surface area contributed by atoms with Crippen LogP contribution in [-0.4, -0.2) is 13.0 Å².